The number of fused-ring (bicyclic) bond motifs is 1. The van der Waals surface area contributed by atoms with Crippen molar-refractivity contribution in [3.63, 3.8) is 0 Å². The van der Waals surface area contributed by atoms with E-state index in [4.69, 9.17) is 4.42 Å². The second kappa shape index (κ2) is 4.94. The van der Waals surface area contributed by atoms with E-state index in [1.807, 2.05) is 0 Å². The number of aryl methyl sites for hydroxylation is 2. The zero-order valence-electron chi connectivity index (χ0n) is 10.7. The molecule has 3 nitrogen and oxygen atoms in total. The molecule has 94 valence electrons. The monoisotopic (exact) mass is 242 g/mol. The van der Waals surface area contributed by atoms with Crippen LogP contribution in [0.15, 0.2) is 29.0 Å². The summed E-state index contributed by atoms with van der Waals surface area (Å²) in [6, 6.07) is 6.65. The van der Waals surface area contributed by atoms with E-state index in [1.54, 1.807) is 0 Å². The van der Waals surface area contributed by atoms with E-state index < -0.39 is 0 Å². The van der Waals surface area contributed by atoms with Gasteiger partial charge in [-0.1, -0.05) is 19.1 Å². The molecule has 0 aliphatic heterocycles. The second-order valence-electron chi connectivity index (χ2n) is 4.75. The van der Waals surface area contributed by atoms with Gasteiger partial charge in [-0.3, -0.25) is 0 Å². The highest BCUT2D eigenvalue weighted by Crippen LogP contribution is 2.29. The van der Waals surface area contributed by atoms with Gasteiger partial charge in [0.15, 0.2) is 12.2 Å². The van der Waals surface area contributed by atoms with Crippen LogP contribution in [-0.2, 0) is 19.4 Å². The molecule has 1 aromatic carbocycles. The van der Waals surface area contributed by atoms with Crippen LogP contribution in [0.3, 0.4) is 0 Å². The number of nitrogens with zero attached hydrogens (tertiary/aromatic N) is 1. The summed E-state index contributed by atoms with van der Waals surface area (Å²) in [6.45, 7) is 3.80. The van der Waals surface area contributed by atoms with E-state index >= 15 is 0 Å². The van der Waals surface area contributed by atoms with Crippen molar-refractivity contribution in [3.05, 3.63) is 41.4 Å². The molecule has 0 unspecified atom stereocenters. The third-order valence-electron chi connectivity index (χ3n) is 3.54. The molecule has 18 heavy (non-hydrogen) atoms. The Bertz CT molecular complexity index is 545. The first-order valence-electron chi connectivity index (χ1n) is 6.63. The van der Waals surface area contributed by atoms with Crippen molar-refractivity contribution in [2.75, 3.05) is 6.54 Å². The minimum atomic E-state index is 0.763. The van der Waals surface area contributed by atoms with Gasteiger partial charge in [-0.2, -0.15) is 0 Å². The fourth-order valence-corrected chi connectivity index (χ4v) is 2.59. The molecule has 0 radical (unpaired) electrons. The Kier molecular flexibility index (Phi) is 3.15. The highest BCUT2D eigenvalue weighted by Gasteiger charge is 2.15. The molecular weight excluding hydrogens is 224 g/mol. The summed E-state index contributed by atoms with van der Waals surface area (Å²) >= 11 is 0. The van der Waals surface area contributed by atoms with Gasteiger partial charge in [0.25, 0.3) is 0 Å². The number of hydrogen-bond acceptors (Lipinski definition) is 3. The molecule has 1 N–H and O–H groups in total. The average molecular weight is 242 g/mol. The molecule has 0 saturated heterocycles. The van der Waals surface area contributed by atoms with Crippen LogP contribution in [0.4, 0.5) is 0 Å². The summed E-state index contributed by atoms with van der Waals surface area (Å²) in [4.78, 5) is 4.29. The summed E-state index contributed by atoms with van der Waals surface area (Å²) in [6.07, 6.45) is 5.23. The van der Waals surface area contributed by atoms with E-state index in [0.717, 1.165) is 30.1 Å². The van der Waals surface area contributed by atoms with Gasteiger partial charge < -0.3 is 9.73 Å². The fourth-order valence-electron chi connectivity index (χ4n) is 2.59. The lowest BCUT2D eigenvalue weighted by Gasteiger charge is -2.05. The van der Waals surface area contributed by atoms with Crippen LogP contribution in [0.5, 0.6) is 0 Å². The summed E-state index contributed by atoms with van der Waals surface area (Å²) in [7, 11) is 0. The zero-order chi connectivity index (χ0) is 12.4. The van der Waals surface area contributed by atoms with Gasteiger partial charge in [-0.25, -0.2) is 4.98 Å². The van der Waals surface area contributed by atoms with Gasteiger partial charge in [0.05, 0.1) is 0 Å². The molecule has 0 fully saturated rings. The second-order valence-corrected chi connectivity index (χ2v) is 4.75. The Morgan fingerprint density at radius 1 is 1.28 bits per heavy atom. The van der Waals surface area contributed by atoms with E-state index in [0.29, 0.717) is 0 Å². The molecule has 2 aromatic rings. The molecule has 1 aliphatic rings. The molecule has 1 heterocycles. The first-order valence-corrected chi connectivity index (χ1v) is 6.63. The Labute approximate surface area is 107 Å². The number of benzene rings is 1. The first kappa shape index (κ1) is 11.5. The third kappa shape index (κ3) is 2.06. The average Bonchev–Trinajstić information content (AvgIpc) is 3.03. The van der Waals surface area contributed by atoms with Crippen LogP contribution in [0, 0.1) is 0 Å². The van der Waals surface area contributed by atoms with E-state index in [2.05, 4.69) is 35.4 Å². The lowest BCUT2D eigenvalue weighted by molar-refractivity contribution is 0.569. The van der Waals surface area contributed by atoms with Crippen molar-refractivity contribution < 1.29 is 4.42 Å². The number of rotatable bonds is 4. The van der Waals surface area contributed by atoms with E-state index in [1.165, 1.54) is 36.8 Å². The van der Waals surface area contributed by atoms with Crippen LogP contribution >= 0.6 is 0 Å². The van der Waals surface area contributed by atoms with Crippen LogP contribution in [0.25, 0.3) is 11.3 Å². The lowest BCUT2D eigenvalue weighted by atomic mass is 10.0. The summed E-state index contributed by atoms with van der Waals surface area (Å²) in [5.41, 5.74) is 5.11. The molecule has 0 spiro atoms. The summed E-state index contributed by atoms with van der Waals surface area (Å²) < 4.78 is 5.56. The number of oxazole rings is 1. The third-order valence-corrected chi connectivity index (χ3v) is 3.54. The van der Waals surface area contributed by atoms with Crippen LogP contribution in [0.1, 0.15) is 30.2 Å². The number of hydrogen-bond donors (Lipinski definition) is 1. The minimum Gasteiger partial charge on any atom is -0.443 e. The van der Waals surface area contributed by atoms with E-state index in [-0.39, 0.29) is 0 Å². The van der Waals surface area contributed by atoms with Crippen LogP contribution < -0.4 is 5.32 Å². The molecule has 0 amide bonds. The topological polar surface area (TPSA) is 38.1 Å². The maximum absolute atomic E-state index is 5.56. The number of nitrogens with one attached hydrogen (secondary N) is 1. The first-order chi connectivity index (χ1) is 8.88. The summed E-state index contributed by atoms with van der Waals surface area (Å²) in [5, 5.41) is 3.29. The Morgan fingerprint density at radius 3 is 3.06 bits per heavy atom. The normalized spacial score (nSPS) is 13.8. The van der Waals surface area contributed by atoms with Gasteiger partial charge in [0.1, 0.15) is 5.69 Å². The lowest BCUT2D eigenvalue weighted by Crippen LogP contribution is -2.12. The molecule has 1 aromatic heterocycles. The molecule has 0 saturated carbocycles. The predicted octanol–water partition coefficient (Wildman–Crippen LogP) is 2.94. The minimum absolute atomic E-state index is 0.763. The van der Waals surface area contributed by atoms with Gasteiger partial charge in [0, 0.05) is 12.1 Å². The molecular formula is C15H18N2O. The Balaban J connectivity index is 1.92. The Hall–Kier alpha value is -1.61. The van der Waals surface area contributed by atoms with Crippen LogP contribution in [0.2, 0.25) is 0 Å². The molecule has 0 atom stereocenters. The Morgan fingerprint density at radius 2 is 2.17 bits per heavy atom. The van der Waals surface area contributed by atoms with Gasteiger partial charge in [-0.15, -0.1) is 0 Å². The van der Waals surface area contributed by atoms with Gasteiger partial charge in [0.2, 0.25) is 0 Å². The van der Waals surface area contributed by atoms with Crippen molar-refractivity contribution in [2.24, 2.45) is 0 Å². The highest BCUT2D eigenvalue weighted by molar-refractivity contribution is 5.62. The maximum atomic E-state index is 5.56. The van der Waals surface area contributed by atoms with Gasteiger partial charge >= 0.3 is 0 Å². The standard InChI is InChI=1S/C15H18N2O/c1-2-16-9-14-15(18-10-17-14)13-7-6-11-4-3-5-12(11)8-13/h6-8,10,16H,2-5,9H2,1H3. The van der Waals surface area contributed by atoms with Crippen molar-refractivity contribution in [1.82, 2.24) is 10.3 Å². The van der Waals surface area contributed by atoms with Crippen molar-refractivity contribution >= 4 is 0 Å². The quantitative estimate of drug-likeness (QED) is 0.895. The largest absolute Gasteiger partial charge is 0.443 e. The maximum Gasteiger partial charge on any atom is 0.181 e. The molecule has 3 rings (SSSR count). The van der Waals surface area contributed by atoms with Gasteiger partial charge in [-0.05, 0) is 43.0 Å². The summed E-state index contributed by atoms with van der Waals surface area (Å²) in [5.74, 6) is 0.908. The highest BCUT2D eigenvalue weighted by atomic mass is 16.3. The molecule has 0 bridgehead atoms. The molecule has 3 heteroatoms. The smallest absolute Gasteiger partial charge is 0.181 e. The van der Waals surface area contributed by atoms with Crippen molar-refractivity contribution in [2.45, 2.75) is 32.7 Å². The van der Waals surface area contributed by atoms with Crippen molar-refractivity contribution in [3.8, 4) is 11.3 Å². The van der Waals surface area contributed by atoms with Crippen LogP contribution in [-0.4, -0.2) is 11.5 Å². The number of aromatic nitrogens is 1. The van der Waals surface area contributed by atoms with Crippen molar-refractivity contribution in [1.29, 1.82) is 0 Å². The predicted molar refractivity (Wildman–Crippen MR) is 71.3 cm³/mol. The fraction of sp³-hybridized carbons (Fsp3) is 0.400. The SMILES string of the molecule is CCNCc1ncoc1-c1ccc2c(c1)CCC2. The molecule has 1 aliphatic carbocycles. The zero-order valence-corrected chi connectivity index (χ0v) is 10.7. The van der Waals surface area contributed by atoms with E-state index in [9.17, 15) is 0 Å².